The fraction of sp³-hybridized carbons (Fsp3) is 0.500. The molecule has 11 heteroatoms. The number of hydrogen-bond donors (Lipinski definition) is 0. The molecule has 1 aromatic heterocycles. The van der Waals surface area contributed by atoms with Crippen LogP contribution in [-0.2, 0) is 23.1 Å². The molecule has 1 rings (SSSR count). The average Bonchev–Trinajstić information content (AvgIpc) is 2.25. The molecule has 0 fully saturated rings. The van der Waals surface area contributed by atoms with Crippen molar-refractivity contribution in [3.8, 4) is 0 Å². The van der Waals surface area contributed by atoms with Gasteiger partial charge in [0.15, 0.2) is 22.5 Å². The molecule has 21 heavy (non-hydrogen) atoms. The van der Waals surface area contributed by atoms with Crippen molar-refractivity contribution in [3.63, 3.8) is 0 Å². The largest absolute Gasteiger partial charge is 0.741 e. The van der Waals surface area contributed by atoms with E-state index in [2.05, 4.69) is 0 Å². The molecule has 1 aromatic rings. The van der Waals surface area contributed by atoms with Gasteiger partial charge in [0.2, 0.25) is 6.54 Å². The second kappa shape index (κ2) is 7.07. The number of alkyl halides is 6. The minimum absolute atomic E-state index is 0.749. The van der Waals surface area contributed by atoms with Gasteiger partial charge >= 0.3 is 11.7 Å². The van der Waals surface area contributed by atoms with Crippen LogP contribution < -0.4 is 4.57 Å². The highest BCUT2D eigenvalue weighted by atomic mass is 32.2. The molecule has 0 atom stereocenters. The van der Waals surface area contributed by atoms with Crippen LogP contribution in [0.3, 0.4) is 0 Å². The topological polar surface area (TPSA) is 61.1 Å². The molecule has 0 aliphatic carbocycles. The smallest absolute Gasteiger partial charge is 0.485 e. The fourth-order valence-electron chi connectivity index (χ4n) is 1.09. The molecule has 122 valence electrons. The molecular formula is C10H11F6NO3S. The first kappa shape index (κ1) is 19.6. The van der Waals surface area contributed by atoms with E-state index < -0.39 is 28.3 Å². The molecule has 0 N–H and O–H groups in total. The highest BCUT2D eigenvalue weighted by molar-refractivity contribution is 7.86. The van der Waals surface area contributed by atoms with Crippen molar-refractivity contribution in [2.75, 3.05) is 0 Å². The van der Waals surface area contributed by atoms with Crippen molar-refractivity contribution >= 4 is 10.1 Å². The van der Waals surface area contributed by atoms with E-state index in [0.717, 1.165) is 16.6 Å². The van der Waals surface area contributed by atoms with Gasteiger partial charge in [0.1, 0.15) is 0 Å². The van der Waals surface area contributed by atoms with Crippen LogP contribution in [0.15, 0.2) is 24.5 Å². The number of hydrogen-bond acceptors (Lipinski definition) is 3. The standard InChI is InChI=1S/C9H11F3N.CHF3O3S/c1-2-8-4-3-5-13(6-8)7-9(10,11)12;2-1(3,4)8(5,6)7/h3-6H,2,7H2,1H3;(H,5,6,7)/q+1;/p-1. The summed E-state index contributed by atoms with van der Waals surface area (Å²) in [5, 5.41) is 0. The summed E-state index contributed by atoms with van der Waals surface area (Å²) in [6.07, 6.45) is -0.449. The molecule has 0 radical (unpaired) electrons. The lowest BCUT2D eigenvalue weighted by Gasteiger charge is -2.08. The van der Waals surface area contributed by atoms with Crippen LogP contribution >= 0.6 is 0 Å². The van der Waals surface area contributed by atoms with Crippen LogP contribution in [0, 0.1) is 0 Å². The van der Waals surface area contributed by atoms with Crippen LogP contribution in [0.25, 0.3) is 0 Å². The molecule has 1 heterocycles. The minimum atomic E-state index is -6.09. The van der Waals surface area contributed by atoms with Gasteiger partial charge in [-0.3, -0.25) is 0 Å². The van der Waals surface area contributed by atoms with E-state index in [9.17, 15) is 26.3 Å². The number of nitrogens with zero attached hydrogens (tertiary/aromatic N) is 1. The van der Waals surface area contributed by atoms with Crippen molar-refractivity contribution < 1.29 is 43.9 Å². The maximum atomic E-state index is 12.0. The highest BCUT2D eigenvalue weighted by Crippen LogP contribution is 2.20. The van der Waals surface area contributed by atoms with Gasteiger partial charge in [-0.2, -0.15) is 30.9 Å². The predicted molar refractivity (Wildman–Crippen MR) is 57.8 cm³/mol. The molecule has 0 unspecified atom stereocenters. The van der Waals surface area contributed by atoms with Gasteiger partial charge in [-0.05, 0) is 12.5 Å². The van der Waals surface area contributed by atoms with E-state index in [1.165, 1.54) is 12.4 Å². The zero-order valence-electron chi connectivity index (χ0n) is 10.6. The van der Waals surface area contributed by atoms with Crippen LogP contribution in [0.5, 0.6) is 0 Å². The predicted octanol–water partition coefficient (Wildman–Crippen LogP) is 2.15. The summed E-state index contributed by atoms with van der Waals surface area (Å²) in [6, 6.07) is 3.44. The van der Waals surface area contributed by atoms with Crippen molar-refractivity contribution in [2.24, 2.45) is 0 Å². The quantitative estimate of drug-likeness (QED) is 0.359. The third-order valence-electron chi connectivity index (χ3n) is 1.97. The van der Waals surface area contributed by atoms with Gasteiger partial charge < -0.3 is 4.55 Å². The van der Waals surface area contributed by atoms with Gasteiger partial charge in [-0.25, -0.2) is 8.42 Å². The lowest BCUT2D eigenvalue weighted by atomic mass is 10.2. The van der Waals surface area contributed by atoms with Gasteiger partial charge in [-0.15, -0.1) is 0 Å². The van der Waals surface area contributed by atoms with Crippen molar-refractivity contribution in [3.05, 3.63) is 30.1 Å². The second-order valence-electron chi connectivity index (χ2n) is 3.75. The molecule has 0 aliphatic rings. The third-order valence-corrected chi connectivity index (χ3v) is 2.54. The van der Waals surface area contributed by atoms with E-state index in [0.29, 0.717) is 0 Å². The van der Waals surface area contributed by atoms with Crippen LogP contribution in [0.2, 0.25) is 0 Å². The minimum Gasteiger partial charge on any atom is -0.741 e. The Bertz CT molecular complexity index is 553. The fourth-order valence-corrected chi connectivity index (χ4v) is 1.09. The van der Waals surface area contributed by atoms with Crippen LogP contribution in [0.4, 0.5) is 26.3 Å². The maximum Gasteiger partial charge on any atom is 0.485 e. The van der Waals surface area contributed by atoms with E-state index in [-0.39, 0.29) is 0 Å². The maximum absolute atomic E-state index is 12.0. The lowest BCUT2D eigenvalue weighted by Crippen LogP contribution is -2.41. The number of aromatic nitrogens is 1. The van der Waals surface area contributed by atoms with Gasteiger partial charge in [0, 0.05) is 11.6 Å². The van der Waals surface area contributed by atoms with Crippen LogP contribution in [-0.4, -0.2) is 24.7 Å². The number of pyridine rings is 1. The zero-order chi connectivity index (χ0) is 16.9. The van der Waals surface area contributed by atoms with Gasteiger partial charge in [0.25, 0.3) is 0 Å². The Labute approximate surface area is 116 Å². The Hall–Kier alpha value is -1.36. The molecular weight excluding hydrogens is 328 g/mol. The molecule has 0 bridgehead atoms. The first-order chi connectivity index (χ1) is 9.26. The van der Waals surface area contributed by atoms with Crippen molar-refractivity contribution in [1.82, 2.24) is 0 Å². The molecule has 4 nitrogen and oxygen atoms in total. The van der Waals surface area contributed by atoms with E-state index in [4.69, 9.17) is 13.0 Å². The van der Waals surface area contributed by atoms with Crippen molar-refractivity contribution in [1.29, 1.82) is 0 Å². The average molecular weight is 339 g/mol. The Kier molecular flexibility index (Phi) is 6.61. The summed E-state index contributed by atoms with van der Waals surface area (Å²) in [7, 11) is -6.09. The van der Waals surface area contributed by atoms with Crippen LogP contribution in [0.1, 0.15) is 12.5 Å². The number of aryl methyl sites for hydroxylation is 1. The number of halogens is 6. The Morgan fingerprint density at radius 3 is 2.00 bits per heavy atom. The summed E-state index contributed by atoms with van der Waals surface area (Å²) < 4.78 is 95.9. The summed E-state index contributed by atoms with van der Waals surface area (Å²) in [4.78, 5) is 0. The normalized spacial score (nSPS) is 12.6. The second-order valence-corrected chi connectivity index (χ2v) is 5.12. The molecule has 0 spiro atoms. The molecule has 0 aromatic carbocycles. The molecule has 0 saturated carbocycles. The summed E-state index contributed by atoms with van der Waals surface area (Å²) >= 11 is 0. The highest BCUT2D eigenvalue weighted by Gasteiger charge is 2.37. The third kappa shape index (κ3) is 8.50. The zero-order valence-corrected chi connectivity index (χ0v) is 11.4. The lowest BCUT2D eigenvalue weighted by molar-refractivity contribution is -0.719. The Balaban J connectivity index is 0.000000433. The van der Waals surface area contributed by atoms with E-state index in [1.807, 2.05) is 13.0 Å². The van der Waals surface area contributed by atoms with Gasteiger partial charge in [-0.1, -0.05) is 6.92 Å². The summed E-state index contributed by atoms with van der Waals surface area (Å²) in [6.45, 7) is 0.994. The molecule has 0 saturated heterocycles. The first-order valence-corrected chi connectivity index (χ1v) is 6.74. The monoisotopic (exact) mass is 339 g/mol. The number of rotatable bonds is 2. The van der Waals surface area contributed by atoms with Gasteiger partial charge in [0.05, 0.1) is 0 Å². The van der Waals surface area contributed by atoms with E-state index >= 15 is 0 Å². The summed E-state index contributed by atoms with van der Waals surface area (Å²) in [5.74, 6) is 0. The Morgan fingerprint density at radius 1 is 1.19 bits per heavy atom. The molecule has 0 amide bonds. The SMILES string of the molecule is CCc1ccc[n+](CC(F)(F)F)c1.O=S(=O)([O-])C(F)(F)F. The Morgan fingerprint density at radius 2 is 1.67 bits per heavy atom. The molecule has 0 aliphatic heterocycles. The van der Waals surface area contributed by atoms with Crippen molar-refractivity contribution in [2.45, 2.75) is 31.6 Å². The summed E-state index contributed by atoms with van der Waals surface area (Å²) in [5.41, 5.74) is -4.74. The first-order valence-electron chi connectivity index (χ1n) is 5.33. The van der Waals surface area contributed by atoms with E-state index in [1.54, 1.807) is 6.07 Å².